The van der Waals surface area contributed by atoms with Crippen LogP contribution in [-0.2, 0) is 33.3 Å². The number of rotatable bonds is 4. The van der Waals surface area contributed by atoms with Crippen molar-refractivity contribution in [2.24, 2.45) is 29.1 Å². The number of aliphatic hydroxyl groups excluding tert-OH is 1. The van der Waals surface area contributed by atoms with Gasteiger partial charge in [-0.05, 0) is 46.0 Å². The standard InChI is InChI=1S/C31H44O9/c1-15-11-20(38-27(15)35)26(34)16(2)18-12-23(37-17(3)32)29(6)19(18)9-10-30(36)14-31-21(7-8-22(29)30)28(4,5)39-24(31)13-25(33)40-31/h15-16,20-24,26,34,36H,7-14H2,1-6H3/t15-,16-,20-,21-,22-,23-,24+,26-,29-,30-,31+/m0/s1. The van der Waals surface area contributed by atoms with E-state index >= 15 is 0 Å². The van der Waals surface area contributed by atoms with E-state index in [1.54, 1.807) is 0 Å². The van der Waals surface area contributed by atoms with Crippen LogP contribution in [0.25, 0.3) is 0 Å². The Morgan fingerprint density at radius 1 is 1.12 bits per heavy atom. The van der Waals surface area contributed by atoms with Gasteiger partial charge in [0.1, 0.15) is 23.9 Å². The predicted octanol–water partition coefficient (Wildman–Crippen LogP) is 3.38. The van der Waals surface area contributed by atoms with Gasteiger partial charge >= 0.3 is 17.9 Å². The highest BCUT2D eigenvalue weighted by Gasteiger charge is 2.72. The zero-order valence-corrected chi connectivity index (χ0v) is 24.5. The topological polar surface area (TPSA) is 129 Å². The molecule has 0 aromatic rings. The smallest absolute Gasteiger partial charge is 0.309 e. The monoisotopic (exact) mass is 560 g/mol. The number of aliphatic hydroxyl groups is 2. The summed E-state index contributed by atoms with van der Waals surface area (Å²) in [6.07, 6.45) is 1.55. The average Bonchev–Trinajstić information content (AvgIpc) is 3.45. The van der Waals surface area contributed by atoms with Crippen molar-refractivity contribution in [1.29, 1.82) is 0 Å². The number of fused-ring (bicyclic) bond motifs is 3. The van der Waals surface area contributed by atoms with Gasteiger partial charge in [0, 0.05) is 42.9 Å². The fourth-order valence-electron chi connectivity index (χ4n) is 9.91. The Morgan fingerprint density at radius 2 is 1.82 bits per heavy atom. The van der Waals surface area contributed by atoms with Gasteiger partial charge in [-0.2, -0.15) is 0 Å². The Hall–Kier alpha value is -1.97. The fourth-order valence-corrected chi connectivity index (χ4v) is 9.91. The van der Waals surface area contributed by atoms with Gasteiger partial charge in [0.05, 0.1) is 29.6 Å². The molecule has 2 saturated carbocycles. The number of hydrogen-bond acceptors (Lipinski definition) is 9. The summed E-state index contributed by atoms with van der Waals surface area (Å²) in [7, 11) is 0. The second-order valence-electron chi connectivity index (χ2n) is 14.3. The van der Waals surface area contributed by atoms with E-state index in [0.717, 1.165) is 11.1 Å². The van der Waals surface area contributed by atoms with Crippen LogP contribution < -0.4 is 0 Å². The van der Waals surface area contributed by atoms with Crippen LogP contribution in [0.15, 0.2) is 11.1 Å². The van der Waals surface area contributed by atoms with Crippen molar-refractivity contribution in [2.75, 3.05) is 0 Å². The van der Waals surface area contributed by atoms with Crippen LogP contribution in [0.2, 0.25) is 0 Å². The third-order valence-electron chi connectivity index (χ3n) is 11.7. The van der Waals surface area contributed by atoms with E-state index in [1.165, 1.54) is 6.92 Å². The Bertz CT molecular complexity index is 1160. The minimum atomic E-state index is -1.15. The highest BCUT2D eigenvalue weighted by Crippen LogP contribution is 2.67. The molecule has 1 spiro atoms. The molecule has 0 unspecified atom stereocenters. The van der Waals surface area contributed by atoms with E-state index in [0.29, 0.717) is 44.9 Å². The van der Waals surface area contributed by atoms with Crippen molar-refractivity contribution < 1.29 is 43.5 Å². The molecule has 6 aliphatic rings. The molecule has 9 nitrogen and oxygen atoms in total. The third-order valence-corrected chi connectivity index (χ3v) is 11.7. The normalized spacial score (nSPS) is 46.9. The zero-order valence-electron chi connectivity index (χ0n) is 24.5. The second-order valence-corrected chi connectivity index (χ2v) is 14.3. The maximum atomic E-state index is 12.5. The first kappa shape index (κ1) is 28.2. The first-order valence-electron chi connectivity index (χ1n) is 15.0. The van der Waals surface area contributed by atoms with Crippen molar-refractivity contribution in [3.63, 3.8) is 0 Å². The summed E-state index contributed by atoms with van der Waals surface area (Å²) in [4.78, 5) is 37.0. The van der Waals surface area contributed by atoms with Crippen molar-refractivity contribution in [3.8, 4) is 0 Å². The number of ether oxygens (including phenoxy) is 4. The maximum absolute atomic E-state index is 12.5. The summed E-state index contributed by atoms with van der Waals surface area (Å²) < 4.78 is 24.0. The average molecular weight is 561 g/mol. The van der Waals surface area contributed by atoms with Gasteiger partial charge in [-0.1, -0.05) is 31.9 Å². The number of carbonyl (C=O) groups excluding carboxylic acids is 3. The van der Waals surface area contributed by atoms with Gasteiger partial charge in [0.25, 0.3) is 0 Å². The Morgan fingerprint density at radius 3 is 2.48 bits per heavy atom. The predicted molar refractivity (Wildman–Crippen MR) is 142 cm³/mol. The van der Waals surface area contributed by atoms with Crippen LogP contribution in [0.3, 0.4) is 0 Å². The molecule has 0 radical (unpaired) electrons. The highest BCUT2D eigenvalue weighted by atomic mass is 16.6. The zero-order chi connectivity index (χ0) is 29.0. The molecule has 2 N–H and O–H groups in total. The van der Waals surface area contributed by atoms with Crippen molar-refractivity contribution in [3.05, 3.63) is 11.1 Å². The van der Waals surface area contributed by atoms with Crippen LogP contribution in [0, 0.1) is 29.1 Å². The Labute approximate surface area is 235 Å². The first-order chi connectivity index (χ1) is 18.6. The molecule has 9 heteroatoms. The van der Waals surface area contributed by atoms with Gasteiger partial charge in [-0.25, -0.2) is 0 Å². The summed E-state index contributed by atoms with van der Waals surface area (Å²) in [5, 5.41) is 23.9. The molecular formula is C31H44O9. The fraction of sp³-hybridized carbons (Fsp3) is 0.839. The lowest BCUT2D eigenvalue weighted by Gasteiger charge is -2.53. The molecule has 0 aromatic carbocycles. The molecule has 6 rings (SSSR count). The van der Waals surface area contributed by atoms with Gasteiger partial charge in [0.15, 0.2) is 0 Å². The Kier molecular flexibility index (Phi) is 6.35. The molecule has 3 aliphatic heterocycles. The van der Waals surface area contributed by atoms with E-state index in [1.807, 2.05) is 27.7 Å². The van der Waals surface area contributed by atoms with Crippen LogP contribution >= 0.6 is 0 Å². The SMILES string of the molecule is CC(=O)O[C@H]1CC([C@H](C)[C@H](O)[C@@H]2C[C@H](C)C(=O)O2)=C2CC[C@]3(O)C[C@]45OC(=O)C[C@H]4OC(C)(C)[C@@H]5CC[C@H]3[C@]21C. The molecule has 40 heavy (non-hydrogen) atoms. The van der Waals surface area contributed by atoms with E-state index in [-0.39, 0.29) is 54.1 Å². The second kappa shape index (κ2) is 9.01. The highest BCUT2D eigenvalue weighted by molar-refractivity contribution is 5.74. The summed E-state index contributed by atoms with van der Waals surface area (Å²) in [6, 6.07) is 0. The third kappa shape index (κ3) is 3.86. The van der Waals surface area contributed by atoms with Gasteiger partial charge in [0.2, 0.25) is 0 Å². The van der Waals surface area contributed by atoms with E-state index in [2.05, 4.69) is 6.92 Å². The summed E-state index contributed by atoms with van der Waals surface area (Å²) >= 11 is 0. The maximum Gasteiger partial charge on any atom is 0.309 e. The van der Waals surface area contributed by atoms with Crippen LogP contribution in [-0.4, -0.2) is 69.3 Å². The summed E-state index contributed by atoms with van der Waals surface area (Å²) in [5.74, 6) is -1.79. The molecule has 0 amide bonds. The lowest BCUT2D eigenvalue weighted by Crippen LogP contribution is -2.57. The molecule has 11 atom stereocenters. The lowest BCUT2D eigenvalue weighted by molar-refractivity contribution is -0.178. The lowest BCUT2D eigenvalue weighted by atomic mass is 9.55. The van der Waals surface area contributed by atoms with Gasteiger partial charge in [-0.15, -0.1) is 0 Å². The molecule has 0 aromatic heterocycles. The summed E-state index contributed by atoms with van der Waals surface area (Å²) in [6.45, 7) is 11.4. The molecule has 3 aliphatic carbocycles. The molecule has 3 heterocycles. The van der Waals surface area contributed by atoms with Crippen LogP contribution in [0.5, 0.6) is 0 Å². The number of esters is 3. The minimum absolute atomic E-state index is 0.0602. The van der Waals surface area contributed by atoms with Crippen molar-refractivity contribution in [1.82, 2.24) is 0 Å². The number of hydrogen-bond donors (Lipinski definition) is 2. The molecule has 5 fully saturated rings. The van der Waals surface area contributed by atoms with Crippen LogP contribution in [0.4, 0.5) is 0 Å². The van der Waals surface area contributed by atoms with E-state index < -0.39 is 40.5 Å². The van der Waals surface area contributed by atoms with E-state index in [4.69, 9.17) is 18.9 Å². The molecule has 222 valence electrons. The molecular weight excluding hydrogens is 516 g/mol. The van der Waals surface area contributed by atoms with Crippen molar-refractivity contribution >= 4 is 17.9 Å². The quantitative estimate of drug-likeness (QED) is 0.302. The minimum Gasteiger partial charge on any atom is -0.461 e. The Balaban J connectivity index is 1.38. The number of cyclic esters (lactones) is 1. The molecule has 3 saturated heterocycles. The first-order valence-corrected chi connectivity index (χ1v) is 15.0. The van der Waals surface area contributed by atoms with Gasteiger partial charge < -0.3 is 29.2 Å². The van der Waals surface area contributed by atoms with Crippen molar-refractivity contribution in [2.45, 2.75) is 134 Å². The summed E-state index contributed by atoms with van der Waals surface area (Å²) in [5.41, 5.74) is -0.995. The largest absolute Gasteiger partial charge is 0.461 e. The van der Waals surface area contributed by atoms with E-state index in [9.17, 15) is 24.6 Å². The van der Waals surface area contributed by atoms with Gasteiger partial charge in [-0.3, -0.25) is 14.4 Å². The number of carbonyl (C=O) groups is 3. The van der Waals surface area contributed by atoms with Crippen LogP contribution in [0.1, 0.15) is 92.9 Å². The molecule has 0 bridgehead atoms.